The van der Waals surface area contributed by atoms with Gasteiger partial charge in [-0.3, -0.25) is 0 Å². The van der Waals surface area contributed by atoms with Gasteiger partial charge in [0.05, 0.1) is 33.8 Å². The molecule has 0 aromatic heterocycles. The maximum atomic E-state index is 10.8. The van der Waals surface area contributed by atoms with E-state index in [-0.39, 0.29) is 6.42 Å². The third kappa shape index (κ3) is 9.84. The average molecular weight is 257 g/mol. The summed E-state index contributed by atoms with van der Waals surface area (Å²) < 4.78 is 5.68. The molecule has 0 aliphatic heterocycles. The molecule has 0 saturated carbocycles. The molecule has 5 nitrogen and oxygen atoms in total. The third-order valence-corrected chi connectivity index (χ3v) is 2.71. The van der Waals surface area contributed by atoms with E-state index >= 15 is 0 Å². The van der Waals surface area contributed by atoms with Crippen molar-refractivity contribution >= 4 is 11.9 Å². The molecule has 0 aromatic rings. The van der Waals surface area contributed by atoms with Crippen molar-refractivity contribution in [1.82, 2.24) is 0 Å². The molecule has 0 aliphatic carbocycles. The van der Waals surface area contributed by atoms with Crippen molar-refractivity contribution in [2.24, 2.45) is 0 Å². The zero-order chi connectivity index (χ0) is 14.0. The van der Waals surface area contributed by atoms with Crippen LogP contribution in [0.5, 0.6) is 0 Å². The number of hydrogen-bond acceptors (Lipinski definition) is 4. The van der Waals surface area contributed by atoms with Crippen LogP contribution in [0.3, 0.4) is 0 Å². The van der Waals surface area contributed by atoms with Gasteiger partial charge in [0, 0.05) is 18.5 Å². The van der Waals surface area contributed by atoms with Crippen molar-refractivity contribution in [1.29, 1.82) is 0 Å². The van der Waals surface area contributed by atoms with E-state index in [1.165, 1.54) is 0 Å². The van der Waals surface area contributed by atoms with E-state index in [4.69, 9.17) is 4.74 Å². The number of carbonyl (C=O) groups excluding carboxylic acids is 2. The summed E-state index contributed by atoms with van der Waals surface area (Å²) in [5, 5.41) is 10.3. The second-order valence-corrected chi connectivity index (χ2v) is 4.94. The van der Waals surface area contributed by atoms with Crippen LogP contribution in [0.15, 0.2) is 12.7 Å². The van der Waals surface area contributed by atoms with Crippen LogP contribution < -0.4 is 5.11 Å². The van der Waals surface area contributed by atoms with Gasteiger partial charge in [-0.1, -0.05) is 6.58 Å². The van der Waals surface area contributed by atoms with Crippen LogP contribution in [0.1, 0.15) is 25.7 Å². The first-order valence-corrected chi connectivity index (χ1v) is 6.18. The zero-order valence-corrected chi connectivity index (χ0v) is 11.3. The number of carboxylic acid groups (broad SMARTS) is 1. The normalized spacial score (nSPS) is 11.0. The van der Waals surface area contributed by atoms with Crippen LogP contribution in [0.2, 0.25) is 0 Å². The molecule has 0 amide bonds. The number of unbranched alkanes of at least 4 members (excludes halogenated alkanes) is 1. The third-order valence-electron chi connectivity index (χ3n) is 2.71. The molecule has 0 fully saturated rings. The monoisotopic (exact) mass is 257 g/mol. The SMILES string of the molecule is C=CC(=O)OCCC[N+](C)(C)CCCCC(=O)[O-]. The van der Waals surface area contributed by atoms with Gasteiger partial charge in [0.15, 0.2) is 0 Å². The Kier molecular flexibility index (Phi) is 8.03. The molecule has 104 valence electrons. The van der Waals surface area contributed by atoms with Crippen molar-refractivity contribution in [3.05, 3.63) is 12.7 Å². The Morgan fingerprint density at radius 1 is 1.22 bits per heavy atom. The minimum absolute atomic E-state index is 0.122. The lowest BCUT2D eigenvalue weighted by Crippen LogP contribution is -2.41. The van der Waals surface area contributed by atoms with Gasteiger partial charge in [0.25, 0.3) is 0 Å². The fourth-order valence-corrected chi connectivity index (χ4v) is 1.65. The van der Waals surface area contributed by atoms with E-state index in [9.17, 15) is 14.7 Å². The topological polar surface area (TPSA) is 66.4 Å². The van der Waals surface area contributed by atoms with E-state index in [2.05, 4.69) is 20.7 Å². The second kappa shape index (κ2) is 8.69. The van der Waals surface area contributed by atoms with Crippen LogP contribution in [0, 0.1) is 0 Å². The molecule has 0 aromatic carbocycles. The smallest absolute Gasteiger partial charge is 0.330 e. The maximum Gasteiger partial charge on any atom is 0.330 e. The molecule has 0 rings (SSSR count). The van der Waals surface area contributed by atoms with Gasteiger partial charge in [0.1, 0.15) is 0 Å². The Morgan fingerprint density at radius 3 is 2.39 bits per heavy atom. The molecule has 18 heavy (non-hydrogen) atoms. The molecule has 0 atom stereocenters. The Hall–Kier alpha value is -1.36. The number of rotatable bonds is 10. The van der Waals surface area contributed by atoms with Gasteiger partial charge < -0.3 is 19.1 Å². The summed E-state index contributed by atoms with van der Waals surface area (Å²) in [4.78, 5) is 21.1. The lowest BCUT2D eigenvalue weighted by molar-refractivity contribution is -0.890. The minimum Gasteiger partial charge on any atom is -0.550 e. The molecule has 0 bridgehead atoms. The van der Waals surface area contributed by atoms with E-state index in [0.717, 1.165) is 36.5 Å². The Balaban J connectivity index is 3.63. The highest BCUT2D eigenvalue weighted by molar-refractivity contribution is 5.81. The van der Waals surface area contributed by atoms with E-state index in [0.29, 0.717) is 13.0 Å². The molecule has 0 saturated heterocycles. The molecule has 0 N–H and O–H groups in total. The Bertz CT molecular complexity index is 287. The van der Waals surface area contributed by atoms with E-state index < -0.39 is 11.9 Å². The Morgan fingerprint density at radius 2 is 1.83 bits per heavy atom. The predicted molar refractivity (Wildman–Crippen MR) is 66.5 cm³/mol. The summed E-state index contributed by atoms with van der Waals surface area (Å²) >= 11 is 0. The molecule has 5 heteroatoms. The summed E-state index contributed by atoms with van der Waals surface area (Å²) in [7, 11) is 4.16. The van der Waals surface area contributed by atoms with Crippen LogP contribution in [0.4, 0.5) is 0 Å². The lowest BCUT2D eigenvalue weighted by Gasteiger charge is -2.29. The predicted octanol–water partition coefficient (Wildman–Crippen LogP) is 0.102. The number of hydrogen-bond donors (Lipinski definition) is 0. The van der Waals surface area contributed by atoms with Crippen molar-refractivity contribution in [2.75, 3.05) is 33.8 Å². The van der Waals surface area contributed by atoms with Gasteiger partial charge in [-0.25, -0.2) is 4.79 Å². The quantitative estimate of drug-likeness (QED) is 0.241. The summed E-state index contributed by atoms with van der Waals surface area (Å²) in [6.45, 7) is 5.51. The summed E-state index contributed by atoms with van der Waals surface area (Å²) in [5.41, 5.74) is 0. The number of carboxylic acids is 1. The molecule has 0 heterocycles. The first kappa shape index (κ1) is 16.6. The molecule has 0 aliphatic rings. The molecular formula is C13H23NO4. The van der Waals surface area contributed by atoms with Crippen molar-refractivity contribution in [2.45, 2.75) is 25.7 Å². The average Bonchev–Trinajstić information content (AvgIpc) is 2.30. The van der Waals surface area contributed by atoms with Crippen molar-refractivity contribution in [3.8, 4) is 0 Å². The number of nitrogens with zero attached hydrogens (tertiary/aromatic N) is 1. The number of carbonyl (C=O) groups is 2. The number of quaternary nitrogens is 1. The number of aliphatic carboxylic acids is 1. The standard InChI is InChI=1S/C13H23NO4/c1-4-13(17)18-11-7-10-14(2,3)9-6-5-8-12(15)16/h4H,1,5-11H2,2-3H3. The highest BCUT2D eigenvalue weighted by Crippen LogP contribution is 2.05. The largest absolute Gasteiger partial charge is 0.550 e. The van der Waals surface area contributed by atoms with Gasteiger partial charge >= 0.3 is 5.97 Å². The summed E-state index contributed by atoms with van der Waals surface area (Å²) in [6.07, 6.45) is 3.56. The van der Waals surface area contributed by atoms with E-state index in [1.54, 1.807) is 0 Å². The summed E-state index contributed by atoms with van der Waals surface area (Å²) in [6, 6.07) is 0. The van der Waals surface area contributed by atoms with Crippen molar-refractivity contribution < 1.29 is 23.9 Å². The first-order valence-electron chi connectivity index (χ1n) is 6.18. The highest BCUT2D eigenvalue weighted by atomic mass is 16.5. The first-order chi connectivity index (χ1) is 8.37. The van der Waals surface area contributed by atoms with Crippen LogP contribution in [-0.2, 0) is 14.3 Å². The molecular weight excluding hydrogens is 234 g/mol. The Labute approximate surface area is 109 Å². The van der Waals surface area contributed by atoms with Crippen LogP contribution >= 0.6 is 0 Å². The molecule has 0 spiro atoms. The lowest BCUT2D eigenvalue weighted by atomic mass is 10.2. The highest BCUT2D eigenvalue weighted by Gasteiger charge is 2.14. The van der Waals surface area contributed by atoms with Crippen molar-refractivity contribution in [3.63, 3.8) is 0 Å². The molecule has 0 unspecified atom stereocenters. The maximum absolute atomic E-state index is 10.8. The molecule has 0 radical (unpaired) electrons. The fourth-order valence-electron chi connectivity index (χ4n) is 1.65. The number of esters is 1. The van der Waals surface area contributed by atoms with Crippen LogP contribution in [-0.4, -0.2) is 50.2 Å². The minimum atomic E-state index is -0.989. The van der Waals surface area contributed by atoms with Gasteiger partial charge in [-0.15, -0.1) is 0 Å². The zero-order valence-electron chi connectivity index (χ0n) is 11.3. The van der Waals surface area contributed by atoms with E-state index in [1.807, 2.05) is 0 Å². The fraction of sp³-hybridized carbons (Fsp3) is 0.692. The van der Waals surface area contributed by atoms with Gasteiger partial charge in [0.2, 0.25) is 0 Å². The second-order valence-electron chi connectivity index (χ2n) is 4.94. The summed E-state index contributed by atoms with van der Waals surface area (Å²) in [5.74, 6) is -1.38. The van der Waals surface area contributed by atoms with Crippen LogP contribution in [0.25, 0.3) is 0 Å². The van der Waals surface area contributed by atoms with Gasteiger partial charge in [-0.05, 0) is 19.3 Å². The van der Waals surface area contributed by atoms with Gasteiger partial charge in [-0.2, -0.15) is 0 Å². The number of ether oxygens (including phenoxy) is 1.